The van der Waals surface area contributed by atoms with Crippen LogP contribution in [0.5, 0.6) is 34.5 Å². The number of methoxy groups -OCH3 is 2. The Hall–Kier alpha value is -3.80. The van der Waals surface area contributed by atoms with E-state index in [-0.39, 0.29) is 29.6 Å². The van der Waals surface area contributed by atoms with Gasteiger partial charge in [-0.1, -0.05) is 30.9 Å². The zero-order valence-corrected chi connectivity index (χ0v) is 16.2. The van der Waals surface area contributed by atoms with Gasteiger partial charge in [-0.3, -0.25) is 0 Å². The van der Waals surface area contributed by atoms with Gasteiger partial charge in [0, 0.05) is 5.56 Å². The Morgan fingerprint density at radius 2 is 1.55 bits per heavy atom. The molecule has 0 fully saturated rings. The van der Waals surface area contributed by atoms with E-state index in [1.165, 1.54) is 20.3 Å². The van der Waals surface area contributed by atoms with E-state index in [0.717, 1.165) is 5.56 Å². The van der Waals surface area contributed by atoms with Crippen molar-refractivity contribution in [3.05, 3.63) is 61.2 Å². The molecular formula is C23H22O6. The van der Waals surface area contributed by atoms with Gasteiger partial charge in [-0.05, 0) is 41.5 Å². The quantitative estimate of drug-likeness (QED) is 0.503. The summed E-state index contributed by atoms with van der Waals surface area (Å²) in [6.07, 6.45) is 1.58. The van der Waals surface area contributed by atoms with E-state index in [1.807, 2.05) is 0 Å². The molecule has 0 amide bonds. The lowest BCUT2D eigenvalue weighted by molar-refractivity contribution is 0.336. The first-order valence-electron chi connectivity index (χ1n) is 8.84. The highest BCUT2D eigenvalue weighted by Gasteiger charge is 2.22. The first-order valence-corrected chi connectivity index (χ1v) is 8.84. The molecule has 0 aliphatic heterocycles. The van der Waals surface area contributed by atoms with Gasteiger partial charge in [-0.15, -0.1) is 0 Å². The van der Waals surface area contributed by atoms with Crippen molar-refractivity contribution < 1.29 is 29.5 Å². The maximum absolute atomic E-state index is 11.0. The molecule has 3 N–H and O–H groups in total. The summed E-state index contributed by atoms with van der Waals surface area (Å²) in [4.78, 5) is 0. The van der Waals surface area contributed by atoms with Gasteiger partial charge in [0.1, 0.15) is 18.1 Å². The van der Waals surface area contributed by atoms with Crippen LogP contribution in [0.25, 0.3) is 22.3 Å². The van der Waals surface area contributed by atoms with Gasteiger partial charge < -0.3 is 29.5 Å². The van der Waals surface area contributed by atoms with E-state index in [2.05, 4.69) is 6.58 Å². The van der Waals surface area contributed by atoms with Crippen LogP contribution < -0.4 is 14.2 Å². The summed E-state index contributed by atoms with van der Waals surface area (Å²) in [5, 5.41) is 30.8. The fourth-order valence-electron chi connectivity index (χ4n) is 3.07. The molecule has 0 heterocycles. The summed E-state index contributed by atoms with van der Waals surface area (Å²) in [6, 6.07) is 13.0. The summed E-state index contributed by atoms with van der Waals surface area (Å²) in [5.41, 5.74) is 2.23. The van der Waals surface area contributed by atoms with E-state index < -0.39 is 0 Å². The zero-order valence-electron chi connectivity index (χ0n) is 16.2. The minimum atomic E-state index is -0.130. The summed E-state index contributed by atoms with van der Waals surface area (Å²) in [5.74, 6) is 0.875. The van der Waals surface area contributed by atoms with Crippen molar-refractivity contribution in [1.82, 2.24) is 0 Å². The third kappa shape index (κ3) is 3.91. The molecule has 0 aliphatic rings. The highest BCUT2D eigenvalue weighted by molar-refractivity contribution is 5.88. The summed E-state index contributed by atoms with van der Waals surface area (Å²) < 4.78 is 16.4. The fraction of sp³-hybridized carbons (Fsp3) is 0.130. The third-order valence-electron chi connectivity index (χ3n) is 4.42. The van der Waals surface area contributed by atoms with E-state index >= 15 is 0 Å². The van der Waals surface area contributed by atoms with Crippen LogP contribution in [0, 0.1) is 0 Å². The van der Waals surface area contributed by atoms with Crippen molar-refractivity contribution >= 4 is 0 Å². The lowest BCUT2D eigenvalue weighted by Crippen LogP contribution is -1.96. The predicted molar refractivity (Wildman–Crippen MR) is 111 cm³/mol. The summed E-state index contributed by atoms with van der Waals surface area (Å²) in [6.45, 7) is 3.84. The van der Waals surface area contributed by atoms with Gasteiger partial charge in [0.2, 0.25) is 0 Å². The zero-order chi connectivity index (χ0) is 21.0. The van der Waals surface area contributed by atoms with Crippen LogP contribution in [-0.4, -0.2) is 36.1 Å². The van der Waals surface area contributed by atoms with Gasteiger partial charge in [-0.25, -0.2) is 0 Å². The molecule has 3 aromatic carbocycles. The minimum absolute atomic E-state index is 0.0765. The normalized spacial score (nSPS) is 10.4. The van der Waals surface area contributed by atoms with Crippen LogP contribution in [0.4, 0.5) is 0 Å². The Bertz CT molecular complexity index is 1020. The Kier molecular flexibility index (Phi) is 5.83. The van der Waals surface area contributed by atoms with Crippen LogP contribution in [0.3, 0.4) is 0 Å². The molecule has 0 aromatic heterocycles. The van der Waals surface area contributed by atoms with Gasteiger partial charge in [-0.2, -0.15) is 0 Å². The molecule has 0 spiro atoms. The monoisotopic (exact) mass is 394 g/mol. The first-order chi connectivity index (χ1) is 14.0. The second kappa shape index (κ2) is 8.48. The number of benzene rings is 3. The van der Waals surface area contributed by atoms with Crippen molar-refractivity contribution in [2.24, 2.45) is 0 Å². The van der Waals surface area contributed by atoms with Gasteiger partial charge in [0.25, 0.3) is 0 Å². The van der Waals surface area contributed by atoms with E-state index in [4.69, 9.17) is 14.2 Å². The Morgan fingerprint density at radius 1 is 0.862 bits per heavy atom. The molecular weight excluding hydrogens is 372 g/mol. The van der Waals surface area contributed by atoms with Crippen molar-refractivity contribution in [3.8, 4) is 56.8 Å². The first kappa shape index (κ1) is 19.9. The molecule has 0 radical (unpaired) electrons. The molecule has 0 saturated carbocycles. The number of hydrogen-bond donors (Lipinski definition) is 3. The molecule has 150 valence electrons. The standard InChI is InChI=1S/C23H22O6/c1-4-11-29-19-10-7-15(12-18(19)25)21-20(27-2)13-17(23(28-3)22(21)26)14-5-8-16(24)9-6-14/h4-10,12-13,24-26H,1,11H2,2-3H3. The second-order valence-electron chi connectivity index (χ2n) is 6.21. The predicted octanol–water partition coefficient (Wildman–Crippen LogP) is 4.72. The second-order valence-corrected chi connectivity index (χ2v) is 6.21. The molecule has 6 heteroatoms. The number of phenols is 3. The molecule has 0 unspecified atom stereocenters. The number of ether oxygens (including phenoxy) is 3. The smallest absolute Gasteiger partial charge is 0.170 e. The number of phenolic OH excluding ortho intramolecular Hbond substituents is 3. The number of hydrogen-bond acceptors (Lipinski definition) is 6. The summed E-state index contributed by atoms with van der Waals surface area (Å²) in [7, 11) is 2.95. The van der Waals surface area contributed by atoms with Gasteiger partial charge in [0.15, 0.2) is 23.0 Å². The number of aromatic hydroxyl groups is 3. The van der Waals surface area contributed by atoms with E-state index in [0.29, 0.717) is 28.2 Å². The highest BCUT2D eigenvalue weighted by Crippen LogP contribution is 2.50. The maximum Gasteiger partial charge on any atom is 0.170 e. The van der Waals surface area contributed by atoms with Gasteiger partial charge >= 0.3 is 0 Å². The Labute approximate surface area is 168 Å². The van der Waals surface area contributed by atoms with Crippen molar-refractivity contribution in [2.45, 2.75) is 0 Å². The number of rotatable bonds is 7. The topological polar surface area (TPSA) is 88.4 Å². The molecule has 3 aromatic rings. The van der Waals surface area contributed by atoms with Crippen molar-refractivity contribution in [1.29, 1.82) is 0 Å². The molecule has 0 bridgehead atoms. The average molecular weight is 394 g/mol. The molecule has 0 atom stereocenters. The molecule has 29 heavy (non-hydrogen) atoms. The lowest BCUT2D eigenvalue weighted by Gasteiger charge is -2.18. The van der Waals surface area contributed by atoms with E-state index in [1.54, 1.807) is 48.5 Å². The Balaban J connectivity index is 2.16. The molecule has 0 saturated heterocycles. The molecule has 6 nitrogen and oxygen atoms in total. The van der Waals surface area contributed by atoms with Crippen molar-refractivity contribution in [2.75, 3.05) is 20.8 Å². The van der Waals surface area contributed by atoms with Crippen molar-refractivity contribution in [3.63, 3.8) is 0 Å². The minimum Gasteiger partial charge on any atom is -0.508 e. The molecule has 0 aliphatic carbocycles. The highest BCUT2D eigenvalue weighted by atomic mass is 16.5. The lowest BCUT2D eigenvalue weighted by atomic mass is 9.96. The molecule has 3 rings (SSSR count). The van der Waals surface area contributed by atoms with Crippen LogP contribution >= 0.6 is 0 Å². The largest absolute Gasteiger partial charge is 0.508 e. The SMILES string of the molecule is C=CCOc1ccc(-c2c(OC)cc(-c3ccc(O)cc3)c(OC)c2O)cc1O. The maximum atomic E-state index is 11.0. The van der Waals surface area contributed by atoms with Gasteiger partial charge in [0.05, 0.1) is 19.8 Å². The fourth-order valence-corrected chi connectivity index (χ4v) is 3.07. The van der Waals surface area contributed by atoms with Crippen LogP contribution in [-0.2, 0) is 0 Å². The average Bonchev–Trinajstić information content (AvgIpc) is 2.72. The van der Waals surface area contributed by atoms with Crippen LogP contribution in [0.15, 0.2) is 61.2 Å². The van der Waals surface area contributed by atoms with Crippen LogP contribution in [0.1, 0.15) is 0 Å². The van der Waals surface area contributed by atoms with E-state index in [9.17, 15) is 15.3 Å². The van der Waals surface area contributed by atoms with Crippen LogP contribution in [0.2, 0.25) is 0 Å². The third-order valence-corrected chi connectivity index (χ3v) is 4.42. The summed E-state index contributed by atoms with van der Waals surface area (Å²) >= 11 is 0. The Morgan fingerprint density at radius 3 is 2.14 bits per heavy atom.